The van der Waals surface area contributed by atoms with Crippen LogP contribution < -0.4 is 5.32 Å². The van der Waals surface area contributed by atoms with Gasteiger partial charge in [0.1, 0.15) is 0 Å². The number of carbonyl (C=O) groups is 1. The van der Waals surface area contributed by atoms with Crippen LogP contribution in [0, 0.1) is 6.92 Å². The van der Waals surface area contributed by atoms with Crippen molar-refractivity contribution in [2.75, 3.05) is 5.32 Å². The second kappa shape index (κ2) is 9.27. The summed E-state index contributed by atoms with van der Waals surface area (Å²) >= 11 is 9.72. The van der Waals surface area contributed by atoms with Crippen molar-refractivity contribution in [3.05, 3.63) is 93.2 Å². The van der Waals surface area contributed by atoms with Gasteiger partial charge < -0.3 is 5.32 Å². The fourth-order valence-corrected chi connectivity index (χ4v) is 4.06. The first-order chi connectivity index (χ1) is 15.3. The predicted molar refractivity (Wildman–Crippen MR) is 133 cm³/mol. The highest BCUT2D eigenvalue weighted by molar-refractivity contribution is 9.10. The average molecular weight is 510 g/mol. The molecule has 1 heterocycles. The van der Waals surface area contributed by atoms with E-state index >= 15 is 0 Å². The van der Waals surface area contributed by atoms with Crippen LogP contribution in [-0.2, 0) is 0 Å². The molecule has 162 valence electrons. The summed E-state index contributed by atoms with van der Waals surface area (Å²) in [6.45, 7) is 6.16. The number of anilines is 1. The van der Waals surface area contributed by atoms with E-state index < -0.39 is 0 Å². The van der Waals surface area contributed by atoms with E-state index in [4.69, 9.17) is 11.6 Å². The maximum absolute atomic E-state index is 13.2. The van der Waals surface area contributed by atoms with E-state index in [1.54, 1.807) is 10.7 Å². The number of halogens is 2. The van der Waals surface area contributed by atoms with Gasteiger partial charge in [0.15, 0.2) is 5.82 Å². The average Bonchev–Trinajstić information content (AvgIpc) is 3.20. The fraction of sp³-hybridized carbons (Fsp3) is 0.160. The Balaban J connectivity index is 1.78. The first kappa shape index (κ1) is 22.2. The van der Waals surface area contributed by atoms with E-state index in [0.29, 0.717) is 10.8 Å². The molecule has 0 aliphatic rings. The minimum absolute atomic E-state index is 0.0841. The van der Waals surface area contributed by atoms with Gasteiger partial charge in [0.2, 0.25) is 5.82 Å². The van der Waals surface area contributed by atoms with Gasteiger partial charge in [0.25, 0.3) is 5.91 Å². The normalized spacial score (nSPS) is 11.1. The number of benzene rings is 3. The SMILES string of the molecule is Cc1ccccc1-n1nc(C(=O)Nc2ccc(Br)cc2C(C)C)nc1-c1cccc(Cl)c1. The Morgan fingerprint density at radius 3 is 2.56 bits per heavy atom. The maximum atomic E-state index is 13.2. The van der Waals surface area contributed by atoms with E-state index in [1.165, 1.54) is 0 Å². The van der Waals surface area contributed by atoms with Crippen LogP contribution in [0.4, 0.5) is 5.69 Å². The lowest BCUT2D eigenvalue weighted by molar-refractivity contribution is 0.101. The molecule has 1 amide bonds. The van der Waals surface area contributed by atoms with Crippen molar-refractivity contribution < 1.29 is 4.79 Å². The van der Waals surface area contributed by atoms with Crippen molar-refractivity contribution in [2.24, 2.45) is 0 Å². The molecule has 0 radical (unpaired) electrons. The Morgan fingerprint density at radius 2 is 1.84 bits per heavy atom. The minimum Gasteiger partial charge on any atom is -0.319 e. The largest absolute Gasteiger partial charge is 0.319 e. The molecule has 0 spiro atoms. The second-order valence-corrected chi connectivity index (χ2v) is 9.16. The molecule has 7 heteroatoms. The van der Waals surface area contributed by atoms with Crippen LogP contribution in [0.15, 0.2) is 71.2 Å². The molecule has 3 aromatic carbocycles. The predicted octanol–water partition coefficient (Wildman–Crippen LogP) is 7.03. The molecular formula is C25H22BrClN4O. The van der Waals surface area contributed by atoms with Gasteiger partial charge in [0, 0.05) is 20.7 Å². The Bertz CT molecular complexity index is 1300. The molecule has 4 rings (SSSR count). The fourth-order valence-electron chi connectivity index (χ4n) is 3.50. The van der Waals surface area contributed by atoms with Crippen molar-refractivity contribution in [3.8, 4) is 17.1 Å². The molecule has 1 N–H and O–H groups in total. The third kappa shape index (κ3) is 4.61. The molecule has 5 nitrogen and oxygen atoms in total. The summed E-state index contributed by atoms with van der Waals surface area (Å²) in [4.78, 5) is 17.8. The number of aromatic nitrogens is 3. The van der Waals surface area contributed by atoms with Gasteiger partial charge in [0.05, 0.1) is 5.69 Å². The Morgan fingerprint density at radius 1 is 1.06 bits per heavy atom. The highest BCUT2D eigenvalue weighted by atomic mass is 79.9. The lowest BCUT2D eigenvalue weighted by Gasteiger charge is -2.13. The zero-order valence-corrected chi connectivity index (χ0v) is 20.3. The topological polar surface area (TPSA) is 59.8 Å². The van der Waals surface area contributed by atoms with Gasteiger partial charge in [-0.3, -0.25) is 4.79 Å². The summed E-state index contributed by atoms with van der Waals surface area (Å²) in [5.41, 5.74) is 4.41. The van der Waals surface area contributed by atoms with Crippen molar-refractivity contribution in [2.45, 2.75) is 26.7 Å². The van der Waals surface area contributed by atoms with E-state index in [0.717, 1.165) is 32.5 Å². The summed E-state index contributed by atoms with van der Waals surface area (Å²) in [5.74, 6) is 0.500. The quantitative estimate of drug-likeness (QED) is 0.314. The third-order valence-electron chi connectivity index (χ3n) is 5.12. The monoisotopic (exact) mass is 508 g/mol. The lowest BCUT2D eigenvalue weighted by Crippen LogP contribution is -2.16. The summed E-state index contributed by atoms with van der Waals surface area (Å²) in [7, 11) is 0. The van der Waals surface area contributed by atoms with Gasteiger partial charge in [-0.2, -0.15) is 0 Å². The highest BCUT2D eigenvalue weighted by Gasteiger charge is 2.21. The zero-order chi connectivity index (χ0) is 22.8. The Kier molecular flexibility index (Phi) is 6.44. The molecule has 0 atom stereocenters. The summed E-state index contributed by atoms with van der Waals surface area (Å²) in [6.07, 6.45) is 0. The number of aryl methyl sites for hydroxylation is 1. The van der Waals surface area contributed by atoms with Crippen LogP contribution in [0.1, 0.15) is 41.5 Å². The Hall–Kier alpha value is -2.96. The van der Waals surface area contributed by atoms with Crippen LogP contribution in [0.25, 0.3) is 17.1 Å². The van der Waals surface area contributed by atoms with E-state index in [1.807, 2.05) is 67.6 Å². The lowest BCUT2D eigenvalue weighted by atomic mass is 10.0. The van der Waals surface area contributed by atoms with Crippen LogP contribution in [0.2, 0.25) is 5.02 Å². The van der Waals surface area contributed by atoms with E-state index in [9.17, 15) is 4.79 Å². The number of nitrogens with zero attached hydrogens (tertiary/aromatic N) is 3. The highest BCUT2D eigenvalue weighted by Crippen LogP contribution is 2.29. The van der Waals surface area contributed by atoms with Crippen molar-refractivity contribution in [1.29, 1.82) is 0 Å². The summed E-state index contributed by atoms with van der Waals surface area (Å²) in [5, 5.41) is 8.14. The minimum atomic E-state index is -0.371. The number of nitrogens with one attached hydrogen (secondary N) is 1. The van der Waals surface area contributed by atoms with Gasteiger partial charge in [-0.15, -0.1) is 5.10 Å². The molecule has 0 saturated heterocycles. The van der Waals surface area contributed by atoms with Crippen LogP contribution in [-0.4, -0.2) is 20.7 Å². The zero-order valence-electron chi connectivity index (χ0n) is 17.9. The smallest absolute Gasteiger partial charge is 0.295 e. The molecule has 1 aromatic heterocycles. The second-order valence-electron chi connectivity index (χ2n) is 7.81. The summed E-state index contributed by atoms with van der Waals surface area (Å²) in [6, 6.07) is 21.0. The molecule has 0 fully saturated rings. The Labute approximate surface area is 200 Å². The maximum Gasteiger partial charge on any atom is 0.295 e. The first-order valence-electron chi connectivity index (χ1n) is 10.2. The van der Waals surface area contributed by atoms with Gasteiger partial charge in [-0.1, -0.05) is 71.7 Å². The van der Waals surface area contributed by atoms with Crippen LogP contribution in [0.5, 0.6) is 0 Å². The van der Waals surface area contributed by atoms with Crippen LogP contribution >= 0.6 is 27.5 Å². The number of amides is 1. The molecule has 0 unspecified atom stereocenters. The van der Waals surface area contributed by atoms with Crippen molar-refractivity contribution in [1.82, 2.24) is 14.8 Å². The molecule has 0 saturated carbocycles. The number of rotatable bonds is 5. The number of para-hydroxylation sites is 1. The standard InChI is InChI=1S/C25H22BrClN4O/c1-15(2)20-14-18(26)11-12-21(20)28-25(32)23-29-24(17-8-6-9-19(27)13-17)31(30-23)22-10-5-4-7-16(22)3/h4-15H,1-3H3,(H,28,32). The van der Waals surface area contributed by atoms with Gasteiger partial charge in [-0.25, -0.2) is 9.67 Å². The number of hydrogen-bond acceptors (Lipinski definition) is 3. The van der Waals surface area contributed by atoms with E-state index in [-0.39, 0.29) is 17.6 Å². The van der Waals surface area contributed by atoms with Crippen molar-refractivity contribution >= 4 is 39.1 Å². The third-order valence-corrected chi connectivity index (χ3v) is 5.85. The summed E-state index contributed by atoms with van der Waals surface area (Å²) < 4.78 is 2.66. The van der Waals surface area contributed by atoms with Crippen LogP contribution in [0.3, 0.4) is 0 Å². The number of hydrogen-bond donors (Lipinski definition) is 1. The molecule has 0 aliphatic heterocycles. The van der Waals surface area contributed by atoms with E-state index in [2.05, 4.69) is 45.2 Å². The number of carbonyl (C=O) groups excluding carboxylic acids is 1. The molecule has 4 aromatic rings. The molecular weight excluding hydrogens is 488 g/mol. The van der Waals surface area contributed by atoms with Gasteiger partial charge >= 0.3 is 0 Å². The first-order valence-corrected chi connectivity index (χ1v) is 11.4. The van der Waals surface area contributed by atoms with Gasteiger partial charge in [-0.05, 0) is 60.4 Å². The molecule has 0 bridgehead atoms. The van der Waals surface area contributed by atoms with Crippen molar-refractivity contribution in [3.63, 3.8) is 0 Å². The molecule has 0 aliphatic carbocycles. The molecule has 32 heavy (non-hydrogen) atoms.